The van der Waals surface area contributed by atoms with Crippen LogP contribution in [0.4, 0.5) is 0 Å². The van der Waals surface area contributed by atoms with Crippen LogP contribution < -0.4 is 0 Å². The summed E-state index contributed by atoms with van der Waals surface area (Å²) in [6, 6.07) is 0. The number of rotatable bonds is 1. The van der Waals surface area contributed by atoms with Crippen molar-refractivity contribution in [2.45, 2.75) is 18.9 Å². The summed E-state index contributed by atoms with van der Waals surface area (Å²) in [5.74, 6) is -0.412. The molecule has 3 heteroatoms. The molecule has 1 rings (SSSR count). The van der Waals surface area contributed by atoms with Gasteiger partial charge in [-0.2, -0.15) is 0 Å². The average Bonchev–Trinajstić information content (AvgIpc) is 2.34. The fourth-order valence-electron chi connectivity index (χ4n) is 1.03. The van der Waals surface area contributed by atoms with E-state index < -0.39 is 12.1 Å². The third-order valence-electron chi connectivity index (χ3n) is 1.58. The number of hydrogen-bond donors (Lipinski definition) is 1. The third-order valence-corrected chi connectivity index (χ3v) is 1.58. The van der Waals surface area contributed by atoms with Crippen LogP contribution in [0.1, 0.15) is 12.8 Å². The molecule has 0 aromatic rings. The first-order chi connectivity index (χ1) is 4.75. The van der Waals surface area contributed by atoms with Crippen LogP contribution in [0.2, 0.25) is 0 Å². The van der Waals surface area contributed by atoms with Gasteiger partial charge in [0.2, 0.25) is 0 Å². The van der Waals surface area contributed by atoms with E-state index in [-0.39, 0.29) is 0 Å². The molecule has 0 saturated carbocycles. The Morgan fingerprint density at radius 1 is 1.90 bits per heavy atom. The summed E-state index contributed by atoms with van der Waals surface area (Å²) < 4.78 is 4.44. The van der Waals surface area contributed by atoms with Crippen LogP contribution in [0.15, 0.2) is 11.6 Å². The van der Waals surface area contributed by atoms with Gasteiger partial charge in [0.05, 0.1) is 18.8 Å². The number of aliphatic hydroxyl groups is 1. The van der Waals surface area contributed by atoms with Gasteiger partial charge in [-0.15, -0.1) is 0 Å². The first-order valence-corrected chi connectivity index (χ1v) is 3.22. The molecular formula is C7H10O3. The van der Waals surface area contributed by atoms with Crippen molar-refractivity contribution < 1.29 is 14.6 Å². The smallest absolute Gasteiger partial charge is 0.336 e. The lowest BCUT2D eigenvalue weighted by Crippen LogP contribution is -2.14. The number of carbonyl (C=O) groups is 1. The SMILES string of the molecule is COC(=O)C1=CCCC1O. The molecule has 56 valence electrons. The molecule has 0 fully saturated rings. The number of carbonyl (C=O) groups excluding carboxylic acids is 1. The van der Waals surface area contributed by atoms with Gasteiger partial charge in [-0.05, 0) is 12.8 Å². The molecule has 0 saturated heterocycles. The summed E-state index contributed by atoms with van der Waals surface area (Å²) in [5, 5.41) is 9.12. The Morgan fingerprint density at radius 2 is 2.60 bits per heavy atom. The number of esters is 1. The second-order valence-corrected chi connectivity index (χ2v) is 2.24. The summed E-state index contributed by atoms with van der Waals surface area (Å²) in [4.78, 5) is 10.8. The first kappa shape index (κ1) is 7.28. The molecule has 0 amide bonds. The van der Waals surface area contributed by atoms with Gasteiger partial charge in [0.25, 0.3) is 0 Å². The third kappa shape index (κ3) is 1.19. The van der Waals surface area contributed by atoms with Crippen LogP contribution >= 0.6 is 0 Å². The molecule has 0 aliphatic heterocycles. The van der Waals surface area contributed by atoms with Gasteiger partial charge < -0.3 is 9.84 Å². The zero-order valence-corrected chi connectivity index (χ0v) is 5.83. The van der Waals surface area contributed by atoms with Crippen molar-refractivity contribution in [3.05, 3.63) is 11.6 Å². The van der Waals surface area contributed by atoms with E-state index in [0.717, 1.165) is 6.42 Å². The summed E-state index contributed by atoms with van der Waals surface area (Å²) in [6.07, 6.45) is 2.53. The van der Waals surface area contributed by atoms with E-state index in [4.69, 9.17) is 5.11 Å². The van der Waals surface area contributed by atoms with E-state index in [1.165, 1.54) is 7.11 Å². The van der Waals surface area contributed by atoms with E-state index in [9.17, 15) is 4.79 Å². The minimum atomic E-state index is -0.604. The molecule has 0 aromatic carbocycles. The van der Waals surface area contributed by atoms with Crippen LogP contribution in [0.5, 0.6) is 0 Å². The standard InChI is InChI=1S/C7H10O3/c1-10-7(9)5-3-2-4-6(5)8/h3,6,8H,2,4H2,1H3. The van der Waals surface area contributed by atoms with Gasteiger partial charge in [0.15, 0.2) is 0 Å². The second kappa shape index (κ2) is 2.84. The predicted octanol–water partition coefficient (Wildman–Crippen LogP) is 0.240. The molecule has 0 radical (unpaired) electrons. The first-order valence-electron chi connectivity index (χ1n) is 3.22. The lowest BCUT2D eigenvalue weighted by atomic mass is 10.2. The maximum Gasteiger partial charge on any atom is 0.336 e. The molecular weight excluding hydrogens is 132 g/mol. The largest absolute Gasteiger partial charge is 0.466 e. The van der Waals surface area contributed by atoms with Gasteiger partial charge in [-0.1, -0.05) is 6.08 Å². The van der Waals surface area contributed by atoms with Gasteiger partial charge >= 0.3 is 5.97 Å². The Bertz CT molecular complexity index is 172. The Labute approximate surface area is 59.3 Å². The highest BCUT2D eigenvalue weighted by Gasteiger charge is 2.22. The molecule has 0 heterocycles. The van der Waals surface area contributed by atoms with Crippen LogP contribution in [-0.2, 0) is 9.53 Å². The van der Waals surface area contributed by atoms with E-state index >= 15 is 0 Å². The minimum absolute atomic E-state index is 0.405. The second-order valence-electron chi connectivity index (χ2n) is 2.24. The van der Waals surface area contributed by atoms with Crippen molar-refractivity contribution in [3.63, 3.8) is 0 Å². The Morgan fingerprint density at radius 3 is 3.00 bits per heavy atom. The van der Waals surface area contributed by atoms with Crippen LogP contribution in [0, 0.1) is 0 Å². The maximum absolute atomic E-state index is 10.8. The van der Waals surface area contributed by atoms with E-state index in [2.05, 4.69) is 4.74 Å². The monoisotopic (exact) mass is 142 g/mol. The number of methoxy groups -OCH3 is 1. The van der Waals surface area contributed by atoms with Crippen molar-refractivity contribution in [3.8, 4) is 0 Å². The van der Waals surface area contributed by atoms with E-state index in [1.54, 1.807) is 6.08 Å². The molecule has 3 nitrogen and oxygen atoms in total. The van der Waals surface area contributed by atoms with Gasteiger partial charge in [-0.3, -0.25) is 0 Å². The molecule has 10 heavy (non-hydrogen) atoms. The molecule has 1 N–H and O–H groups in total. The lowest BCUT2D eigenvalue weighted by Gasteiger charge is -2.04. The molecule has 1 aliphatic rings. The van der Waals surface area contributed by atoms with Crippen molar-refractivity contribution in [2.75, 3.05) is 7.11 Å². The van der Waals surface area contributed by atoms with Crippen molar-refractivity contribution in [1.82, 2.24) is 0 Å². The van der Waals surface area contributed by atoms with E-state index in [1.807, 2.05) is 0 Å². The van der Waals surface area contributed by atoms with Crippen molar-refractivity contribution in [1.29, 1.82) is 0 Å². The Hall–Kier alpha value is -0.830. The number of aliphatic hydroxyl groups excluding tert-OH is 1. The summed E-state index contributed by atoms with van der Waals surface area (Å²) >= 11 is 0. The minimum Gasteiger partial charge on any atom is -0.466 e. The summed E-state index contributed by atoms with van der Waals surface area (Å²) in [7, 11) is 1.31. The zero-order valence-electron chi connectivity index (χ0n) is 5.83. The molecule has 1 atom stereocenters. The summed E-state index contributed by atoms with van der Waals surface area (Å²) in [6.45, 7) is 0. The van der Waals surface area contributed by atoms with Crippen molar-refractivity contribution >= 4 is 5.97 Å². The topological polar surface area (TPSA) is 46.5 Å². The van der Waals surface area contributed by atoms with Crippen LogP contribution in [-0.4, -0.2) is 24.3 Å². The summed E-state index contributed by atoms with van der Waals surface area (Å²) in [5.41, 5.74) is 0.405. The Balaban J connectivity index is 2.63. The zero-order chi connectivity index (χ0) is 7.56. The lowest BCUT2D eigenvalue weighted by molar-refractivity contribution is -0.137. The highest BCUT2D eigenvalue weighted by atomic mass is 16.5. The normalized spacial score (nSPS) is 24.2. The van der Waals surface area contributed by atoms with Crippen LogP contribution in [0.3, 0.4) is 0 Å². The molecule has 0 bridgehead atoms. The number of hydrogen-bond acceptors (Lipinski definition) is 3. The van der Waals surface area contributed by atoms with Gasteiger partial charge in [0, 0.05) is 0 Å². The molecule has 0 spiro atoms. The number of ether oxygens (including phenoxy) is 1. The highest BCUT2D eigenvalue weighted by Crippen LogP contribution is 2.19. The fourth-order valence-corrected chi connectivity index (χ4v) is 1.03. The molecule has 1 unspecified atom stereocenters. The van der Waals surface area contributed by atoms with Gasteiger partial charge in [-0.25, -0.2) is 4.79 Å². The van der Waals surface area contributed by atoms with Crippen LogP contribution in [0.25, 0.3) is 0 Å². The van der Waals surface area contributed by atoms with Gasteiger partial charge in [0.1, 0.15) is 0 Å². The maximum atomic E-state index is 10.8. The molecule has 1 aliphatic carbocycles. The van der Waals surface area contributed by atoms with Crippen molar-refractivity contribution in [2.24, 2.45) is 0 Å². The highest BCUT2D eigenvalue weighted by molar-refractivity contribution is 5.89. The molecule has 0 aromatic heterocycles. The average molecular weight is 142 g/mol. The Kier molecular flexibility index (Phi) is 2.06. The predicted molar refractivity (Wildman–Crippen MR) is 35.3 cm³/mol. The van der Waals surface area contributed by atoms with E-state index in [0.29, 0.717) is 12.0 Å². The fraction of sp³-hybridized carbons (Fsp3) is 0.571. The quantitative estimate of drug-likeness (QED) is 0.533. The number of allylic oxidation sites excluding steroid dienone is 1.